The second-order valence-electron chi connectivity index (χ2n) is 8.21. The standard InChI is InChI=1S/C24H30N4O2/c1-18-21-17-25-28(20-11-6-5-7-12-20)24(30)23(21)19(2)27(18)16-10-13-22(29)26-14-8-3-4-9-15-26/h5-7,11-12,17H,3-4,8-10,13-16H2,1-2H3. The van der Waals surface area contributed by atoms with Crippen LogP contribution in [0.1, 0.15) is 49.9 Å². The maximum Gasteiger partial charge on any atom is 0.281 e. The fourth-order valence-electron chi connectivity index (χ4n) is 4.56. The van der Waals surface area contributed by atoms with Crippen LogP contribution < -0.4 is 5.56 Å². The van der Waals surface area contributed by atoms with Gasteiger partial charge >= 0.3 is 0 Å². The van der Waals surface area contributed by atoms with Crippen molar-refractivity contribution in [2.45, 2.75) is 58.9 Å². The summed E-state index contributed by atoms with van der Waals surface area (Å²) in [5, 5.41) is 6.01. The zero-order valence-electron chi connectivity index (χ0n) is 17.9. The molecule has 1 amide bonds. The number of carbonyl (C=O) groups excluding carboxylic acids is 1. The zero-order chi connectivity index (χ0) is 21.1. The van der Waals surface area contributed by atoms with Gasteiger partial charge < -0.3 is 9.47 Å². The number of para-hydroxylation sites is 1. The van der Waals surface area contributed by atoms with Gasteiger partial charge in [-0.3, -0.25) is 9.59 Å². The van der Waals surface area contributed by atoms with E-state index < -0.39 is 0 Å². The molecule has 1 saturated heterocycles. The summed E-state index contributed by atoms with van der Waals surface area (Å²) in [6.45, 7) is 6.54. The van der Waals surface area contributed by atoms with Crippen LogP contribution in [0.15, 0.2) is 41.3 Å². The summed E-state index contributed by atoms with van der Waals surface area (Å²) in [6.07, 6.45) is 7.81. The van der Waals surface area contributed by atoms with Crippen LogP contribution in [0.4, 0.5) is 0 Å². The van der Waals surface area contributed by atoms with Crippen molar-refractivity contribution in [2.75, 3.05) is 13.1 Å². The molecule has 0 radical (unpaired) electrons. The fourth-order valence-corrected chi connectivity index (χ4v) is 4.56. The lowest BCUT2D eigenvalue weighted by Crippen LogP contribution is -2.31. The predicted molar refractivity (Wildman–Crippen MR) is 119 cm³/mol. The van der Waals surface area contributed by atoms with E-state index in [-0.39, 0.29) is 11.5 Å². The van der Waals surface area contributed by atoms with Crippen molar-refractivity contribution < 1.29 is 4.79 Å². The normalized spacial score (nSPS) is 14.8. The first kappa shape index (κ1) is 20.4. The molecule has 0 unspecified atom stereocenters. The van der Waals surface area contributed by atoms with E-state index in [9.17, 15) is 9.59 Å². The molecule has 0 bridgehead atoms. The van der Waals surface area contributed by atoms with E-state index in [1.54, 1.807) is 6.20 Å². The molecular weight excluding hydrogens is 376 g/mol. The van der Waals surface area contributed by atoms with Crippen molar-refractivity contribution in [1.29, 1.82) is 0 Å². The Morgan fingerprint density at radius 3 is 2.40 bits per heavy atom. The first-order valence-corrected chi connectivity index (χ1v) is 11.0. The molecule has 2 aromatic heterocycles. The molecule has 6 nitrogen and oxygen atoms in total. The lowest BCUT2D eigenvalue weighted by molar-refractivity contribution is -0.131. The van der Waals surface area contributed by atoms with Gasteiger partial charge in [-0.1, -0.05) is 31.0 Å². The van der Waals surface area contributed by atoms with Gasteiger partial charge in [-0.15, -0.1) is 0 Å². The Morgan fingerprint density at radius 2 is 1.70 bits per heavy atom. The minimum atomic E-state index is -0.0984. The van der Waals surface area contributed by atoms with E-state index in [4.69, 9.17) is 0 Å². The molecule has 3 aromatic rings. The molecule has 0 aliphatic carbocycles. The van der Waals surface area contributed by atoms with Gasteiger partial charge in [-0.05, 0) is 45.2 Å². The van der Waals surface area contributed by atoms with Crippen molar-refractivity contribution >= 4 is 16.7 Å². The number of carbonyl (C=O) groups is 1. The minimum absolute atomic E-state index is 0.0984. The second-order valence-corrected chi connectivity index (χ2v) is 8.21. The molecule has 1 aliphatic heterocycles. The number of likely N-dealkylation sites (tertiary alicyclic amines) is 1. The van der Waals surface area contributed by atoms with Crippen molar-refractivity contribution in [3.05, 3.63) is 58.3 Å². The summed E-state index contributed by atoms with van der Waals surface area (Å²) < 4.78 is 3.63. The van der Waals surface area contributed by atoms with E-state index in [1.165, 1.54) is 17.5 Å². The van der Waals surface area contributed by atoms with Gasteiger partial charge in [0.15, 0.2) is 0 Å². The second kappa shape index (κ2) is 8.86. The van der Waals surface area contributed by atoms with Gasteiger partial charge in [0.1, 0.15) is 0 Å². The van der Waals surface area contributed by atoms with Crippen LogP contribution in [0, 0.1) is 13.8 Å². The summed E-state index contributed by atoms with van der Waals surface area (Å²) in [5.41, 5.74) is 2.65. The highest BCUT2D eigenvalue weighted by molar-refractivity contribution is 5.87. The molecule has 3 heterocycles. The van der Waals surface area contributed by atoms with E-state index in [0.717, 1.165) is 61.4 Å². The summed E-state index contributed by atoms with van der Waals surface area (Å²) in [7, 11) is 0. The summed E-state index contributed by atoms with van der Waals surface area (Å²) in [4.78, 5) is 27.8. The lowest BCUT2D eigenvalue weighted by atomic mass is 10.2. The molecule has 0 saturated carbocycles. The molecule has 0 N–H and O–H groups in total. The molecule has 6 heteroatoms. The predicted octanol–water partition coefficient (Wildman–Crippen LogP) is 3.99. The Hall–Kier alpha value is -2.89. The van der Waals surface area contributed by atoms with Gasteiger partial charge in [0.05, 0.1) is 17.3 Å². The number of fused-ring (bicyclic) bond motifs is 1. The van der Waals surface area contributed by atoms with Crippen LogP contribution in [0.2, 0.25) is 0 Å². The third kappa shape index (κ3) is 3.91. The van der Waals surface area contributed by atoms with Gasteiger partial charge in [0.25, 0.3) is 5.56 Å². The number of benzene rings is 1. The summed E-state index contributed by atoms with van der Waals surface area (Å²) in [6, 6.07) is 9.49. The fraction of sp³-hybridized carbons (Fsp3) is 0.458. The lowest BCUT2D eigenvalue weighted by Gasteiger charge is -2.20. The zero-order valence-corrected chi connectivity index (χ0v) is 17.9. The number of hydrogen-bond donors (Lipinski definition) is 0. The van der Waals surface area contributed by atoms with E-state index in [1.807, 2.05) is 49.1 Å². The summed E-state index contributed by atoms with van der Waals surface area (Å²) >= 11 is 0. The summed E-state index contributed by atoms with van der Waals surface area (Å²) in [5.74, 6) is 0.261. The maximum absolute atomic E-state index is 13.2. The highest BCUT2D eigenvalue weighted by atomic mass is 16.2. The molecule has 0 spiro atoms. The first-order chi connectivity index (χ1) is 14.6. The van der Waals surface area contributed by atoms with Gasteiger partial charge in [-0.25, -0.2) is 0 Å². The largest absolute Gasteiger partial charge is 0.348 e. The van der Waals surface area contributed by atoms with E-state index in [0.29, 0.717) is 11.8 Å². The molecule has 1 aromatic carbocycles. The average molecular weight is 407 g/mol. The quantitative estimate of drug-likeness (QED) is 0.644. The van der Waals surface area contributed by atoms with Crippen molar-refractivity contribution in [2.24, 2.45) is 0 Å². The molecular formula is C24H30N4O2. The van der Waals surface area contributed by atoms with Crippen molar-refractivity contribution in [1.82, 2.24) is 19.2 Å². The number of aryl methyl sites for hydroxylation is 2. The Morgan fingerprint density at radius 1 is 1.00 bits per heavy atom. The highest BCUT2D eigenvalue weighted by Gasteiger charge is 2.18. The molecule has 4 rings (SSSR count). The molecule has 158 valence electrons. The van der Waals surface area contributed by atoms with Crippen LogP contribution in [-0.2, 0) is 11.3 Å². The Labute approximate surface area is 177 Å². The van der Waals surface area contributed by atoms with Crippen LogP contribution in [-0.4, -0.2) is 38.2 Å². The monoisotopic (exact) mass is 406 g/mol. The van der Waals surface area contributed by atoms with Crippen LogP contribution in [0.5, 0.6) is 0 Å². The van der Waals surface area contributed by atoms with Crippen LogP contribution >= 0.6 is 0 Å². The number of hydrogen-bond acceptors (Lipinski definition) is 3. The van der Waals surface area contributed by atoms with Crippen molar-refractivity contribution in [3.63, 3.8) is 0 Å². The van der Waals surface area contributed by atoms with Gasteiger partial charge in [0, 0.05) is 42.8 Å². The number of aromatic nitrogens is 3. The Kier molecular flexibility index (Phi) is 6.02. The molecule has 30 heavy (non-hydrogen) atoms. The number of nitrogens with zero attached hydrogens (tertiary/aromatic N) is 4. The van der Waals surface area contributed by atoms with Crippen LogP contribution in [0.25, 0.3) is 16.5 Å². The first-order valence-electron chi connectivity index (χ1n) is 11.0. The third-order valence-electron chi connectivity index (χ3n) is 6.27. The van der Waals surface area contributed by atoms with Gasteiger partial charge in [0.2, 0.25) is 5.91 Å². The van der Waals surface area contributed by atoms with Gasteiger partial charge in [-0.2, -0.15) is 9.78 Å². The molecule has 1 fully saturated rings. The minimum Gasteiger partial charge on any atom is -0.348 e. The third-order valence-corrected chi connectivity index (χ3v) is 6.27. The van der Waals surface area contributed by atoms with Crippen molar-refractivity contribution in [3.8, 4) is 5.69 Å². The number of amides is 1. The highest BCUT2D eigenvalue weighted by Crippen LogP contribution is 2.23. The Balaban J connectivity index is 1.54. The van der Waals surface area contributed by atoms with Crippen LogP contribution in [0.3, 0.4) is 0 Å². The molecule has 0 atom stereocenters. The SMILES string of the molecule is Cc1c2cnn(-c3ccccc3)c(=O)c2c(C)n1CCCC(=O)N1CCCCCC1. The smallest absolute Gasteiger partial charge is 0.281 e. The van der Waals surface area contributed by atoms with E-state index in [2.05, 4.69) is 9.67 Å². The van der Waals surface area contributed by atoms with E-state index >= 15 is 0 Å². The average Bonchev–Trinajstić information content (AvgIpc) is 2.95. The topological polar surface area (TPSA) is 60.1 Å². The molecule has 1 aliphatic rings. The number of rotatable bonds is 5. The Bertz CT molecular complexity index is 1090. The maximum atomic E-state index is 13.2.